The van der Waals surface area contributed by atoms with Gasteiger partial charge in [-0.25, -0.2) is 9.59 Å². The van der Waals surface area contributed by atoms with Crippen LogP contribution in [0.4, 0.5) is 0 Å². The van der Waals surface area contributed by atoms with E-state index in [0.29, 0.717) is 18.4 Å². The number of rotatable bonds is 4. The smallest absolute Gasteiger partial charge is 0.339 e. The molecule has 1 rings (SSSR count). The lowest BCUT2D eigenvalue weighted by molar-refractivity contribution is 0.0693. The highest BCUT2D eigenvalue weighted by Crippen LogP contribution is 2.26. The number of aromatic hydroxyl groups is 1. The second kappa shape index (κ2) is 4.65. The third kappa shape index (κ3) is 2.31. The molecular formula is C11H12O5. The molecule has 0 spiro atoms. The maximum atomic E-state index is 10.8. The summed E-state index contributed by atoms with van der Waals surface area (Å²) < 4.78 is 0. The van der Waals surface area contributed by atoms with Crippen LogP contribution in [0.15, 0.2) is 12.1 Å². The van der Waals surface area contributed by atoms with Gasteiger partial charge in [0.2, 0.25) is 0 Å². The molecule has 1 aromatic rings. The molecule has 0 saturated carbocycles. The molecule has 5 nitrogen and oxygen atoms in total. The van der Waals surface area contributed by atoms with Crippen molar-refractivity contribution in [1.29, 1.82) is 0 Å². The fraction of sp³-hybridized carbons (Fsp3) is 0.273. The van der Waals surface area contributed by atoms with Crippen LogP contribution in [0, 0.1) is 0 Å². The summed E-state index contributed by atoms with van der Waals surface area (Å²) in [7, 11) is 0. The van der Waals surface area contributed by atoms with Crippen molar-refractivity contribution in [1.82, 2.24) is 0 Å². The van der Waals surface area contributed by atoms with Gasteiger partial charge in [-0.1, -0.05) is 13.3 Å². The Labute approximate surface area is 92.0 Å². The molecule has 0 aliphatic heterocycles. The molecule has 3 N–H and O–H groups in total. The number of phenols is 1. The highest BCUT2D eigenvalue weighted by atomic mass is 16.4. The van der Waals surface area contributed by atoms with Gasteiger partial charge in [0.25, 0.3) is 0 Å². The quantitative estimate of drug-likeness (QED) is 0.724. The van der Waals surface area contributed by atoms with Crippen molar-refractivity contribution in [3.63, 3.8) is 0 Å². The topological polar surface area (TPSA) is 94.8 Å². The minimum Gasteiger partial charge on any atom is -0.507 e. The molecule has 0 heterocycles. The normalized spacial score (nSPS) is 10.1. The summed E-state index contributed by atoms with van der Waals surface area (Å²) in [5.74, 6) is -2.89. The molecule has 1 aromatic carbocycles. The Kier molecular flexibility index (Phi) is 3.50. The summed E-state index contributed by atoms with van der Waals surface area (Å²) in [5, 5.41) is 27.2. The van der Waals surface area contributed by atoms with E-state index in [2.05, 4.69) is 0 Å². The van der Waals surface area contributed by atoms with E-state index in [4.69, 9.17) is 10.2 Å². The highest BCUT2D eigenvalue weighted by Gasteiger charge is 2.17. The van der Waals surface area contributed by atoms with Gasteiger partial charge in [-0.15, -0.1) is 0 Å². The van der Waals surface area contributed by atoms with Crippen molar-refractivity contribution in [3.05, 3.63) is 28.8 Å². The number of carbonyl (C=O) groups is 2. The van der Waals surface area contributed by atoms with Gasteiger partial charge in [0, 0.05) is 0 Å². The van der Waals surface area contributed by atoms with Gasteiger partial charge in [0.1, 0.15) is 11.3 Å². The number of benzene rings is 1. The second-order valence-electron chi connectivity index (χ2n) is 3.39. The first-order valence-corrected chi connectivity index (χ1v) is 4.79. The molecule has 0 aromatic heterocycles. The Morgan fingerprint density at radius 2 is 1.81 bits per heavy atom. The van der Waals surface area contributed by atoms with E-state index in [-0.39, 0.29) is 16.9 Å². The van der Waals surface area contributed by atoms with Crippen molar-refractivity contribution < 1.29 is 24.9 Å². The van der Waals surface area contributed by atoms with E-state index in [1.807, 2.05) is 6.92 Å². The van der Waals surface area contributed by atoms with Gasteiger partial charge in [-0.05, 0) is 24.1 Å². The van der Waals surface area contributed by atoms with E-state index >= 15 is 0 Å². The summed E-state index contributed by atoms with van der Waals surface area (Å²) in [6.45, 7) is 1.85. The van der Waals surface area contributed by atoms with Crippen LogP contribution in [-0.2, 0) is 6.42 Å². The van der Waals surface area contributed by atoms with Crippen molar-refractivity contribution in [3.8, 4) is 5.75 Å². The van der Waals surface area contributed by atoms with Crippen LogP contribution in [0.2, 0.25) is 0 Å². The van der Waals surface area contributed by atoms with Crippen LogP contribution >= 0.6 is 0 Å². The lowest BCUT2D eigenvalue weighted by Gasteiger charge is -2.08. The molecule has 0 amide bonds. The fourth-order valence-corrected chi connectivity index (χ4v) is 1.44. The third-order valence-corrected chi connectivity index (χ3v) is 2.19. The predicted octanol–water partition coefficient (Wildman–Crippen LogP) is 1.74. The minimum absolute atomic E-state index is 0.126. The van der Waals surface area contributed by atoms with Crippen LogP contribution in [0.5, 0.6) is 5.75 Å². The van der Waals surface area contributed by atoms with Crippen LogP contribution in [0.1, 0.15) is 39.6 Å². The molecule has 5 heteroatoms. The number of carboxylic acid groups (broad SMARTS) is 2. The van der Waals surface area contributed by atoms with E-state index in [1.165, 1.54) is 6.07 Å². The van der Waals surface area contributed by atoms with Gasteiger partial charge in [0.05, 0.1) is 5.56 Å². The molecule has 0 unspecified atom stereocenters. The number of aryl methyl sites for hydroxylation is 1. The summed E-state index contributed by atoms with van der Waals surface area (Å²) in [5.41, 5.74) is -0.151. The largest absolute Gasteiger partial charge is 0.507 e. The van der Waals surface area contributed by atoms with Crippen LogP contribution < -0.4 is 0 Å². The molecule has 0 aliphatic rings. The Balaban J connectivity index is 3.38. The summed E-state index contributed by atoms with van der Waals surface area (Å²) in [4.78, 5) is 21.6. The SMILES string of the molecule is CCCc1cc(C(=O)O)cc(C(=O)O)c1O. The zero-order valence-electron chi connectivity index (χ0n) is 8.73. The van der Waals surface area contributed by atoms with Crippen molar-refractivity contribution in [2.24, 2.45) is 0 Å². The third-order valence-electron chi connectivity index (χ3n) is 2.19. The first-order valence-electron chi connectivity index (χ1n) is 4.79. The van der Waals surface area contributed by atoms with Crippen molar-refractivity contribution in [2.75, 3.05) is 0 Å². The van der Waals surface area contributed by atoms with Crippen molar-refractivity contribution in [2.45, 2.75) is 19.8 Å². The standard InChI is InChI=1S/C11H12O5/c1-2-3-6-4-7(10(13)14)5-8(9(6)12)11(15)16/h4-5,12H,2-3H2,1H3,(H,13,14)(H,15,16). The summed E-state index contributed by atoms with van der Waals surface area (Å²) >= 11 is 0. The Morgan fingerprint density at radius 1 is 1.19 bits per heavy atom. The predicted molar refractivity (Wildman–Crippen MR) is 56.0 cm³/mol. The maximum absolute atomic E-state index is 10.8. The minimum atomic E-state index is -1.34. The lowest BCUT2D eigenvalue weighted by Crippen LogP contribution is -2.05. The Morgan fingerprint density at radius 3 is 2.25 bits per heavy atom. The van der Waals surface area contributed by atoms with E-state index in [9.17, 15) is 14.7 Å². The van der Waals surface area contributed by atoms with E-state index < -0.39 is 11.9 Å². The van der Waals surface area contributed by atoms with Gasteiger partial charge in [0.15, 0.2) is 0 Å². The molecule has 0 saturated heterocycles. The Hall–Kier alpha value is -2.04. The zero-order chi connectivity index (χ0) is 12.3. The molecule has 86 valence electrons. The average molecular weight is 224 g/mol. The lowest BCUT2D eigenvalue weighted by atomic mass is 10.0. The van der Waals surface area contributed by atoms with Crippen LogP contribution in [-0.4, -0.2) is 27.3 Å². The molecule has 0 atom stereocenters. The second-order valence-corrected chi connectivity index (χ2v) is 3.39. The molecule has 0 fully saturated rings. The fourth-order valence-electron chi connectivity index (χ4n) is 1.44. The number of hydrogen-bond acceptors (Lipinski definition) is 3. The molecule has 16 heavy (non-hydrogen) atoms. The first kappa shape index (κ1) is 12.0. The van der Waals surface area contributed by atoms with Gasteiger partial charge >= 0.3 is 11.9 Å². The Bertz CT molecular complexity index is 436. The monoisotopic (exact) mass is 224 g/mol. The van der Waals surface area contributed by atoms with Gasteiger partial charge in [-0.3, -0.25) is 0 Å². The number of aromatic carboxylic acids is 2. The number of carboxylic acids is 2. The van der Waals surface area contributed by atoms with Gasteiger partial charge in [-0.2, -0.15) is 0 Å². The first-order chi connectivity index (χ1) is 7.47. The zero-order valence-corrected chi connectivity index (χ0v) is 8.73. The summed E-state index contributed by atoms with van der Waals surface area (Å²) in [6, 6.07) is 2.26. The molecule has 0 radical (unpaired) electrons. The van der Waals surface area contributed by atoms with E-state index in [0.717, 1.165) is 6.07 Å². The molecule has 0 aliphatic carbocycles. The molecular weight excluding hydrogens is 212 g/mol. The van der Waals surface area contributed by atoms with E-state index in [1.54, 1.807) is 0 Å². The maximum Gasteiger partial charge on any atom is 0.339 e. The van der Waals surface area contributed by atoms with Crippen LogP contribution in [0.25, 0.3) is 0 Å². The molecule has 0 bridgehead atoms. The van der Waals surface area contributed by atoms with Crippen molar-refractivity contribution >= 4 is 11.9 Å². The highest BCUT2D eigenvalue weighted by molar-refractivity contribution is 5.96. The van der Waals surface area contributed by atoms with Crippen LogP contribution in [0.3, 0.4) is 0 Å². The number of hydrogen-bond donors (Lipinski definition) is 3. The average Bonchev–Trinajstić information content (AvgIpc) is 2.20. The summed E-state index contributed by atoms with van der Waals surface area (Å²) in [6.07, 6.45) is 1.13. The van der Waals surface area contributed by atoms with Gasteiger partial charge < -0.3 is 15.3 Å².